The Hall–Kier alpha value is -3.33. The molecule has 3 rings (SSSR count). The number of ketones is 1. The fourth-order valence-corrected chi connectivity index (χ4v) is 2.64. The molecule has 0 N–H and O–H groups in total. The van der Waals surface area contributed by atoms with Crippen LogP contribution in [0.3, 0.4) is 0 Å². The molecule has 1 unspecified atom stereocenters. The van der Waals surface area contributed by atoms with E-state index in [9.17, 15) is 19.6 Å². The highest BCUT2D eigenvalue weighted by Crippen LogP contribution is 2.26. The van der Waals surface area contributed by atoms with Crippen molar-refractivity contribution in [2.45, 2.75) is 18.8 Å². The summed E-state index contributed by atoms with van der Waals surface area (Å²) < 4.78 is 0. The Morgan fingerprint density at radius 2 is 1.88 bits per heavy atom. The van der Waals surface area contributed by atoms with Gasteiger partial charge in [0.25, 0.3) is 0 Å². The quantitative estimate of drug-likeness (QED) is 0.636. The number of benzene rings is 1. The highest BCUT2D eigenvalue weighted by molar-refractivity contribution is 6.20. The second-order valence-corrected chi connectivity index (χ2v) is 5.35. The van der Waals surface area contributed by atoms with Crippen LogP contribution in [0.5, 0.6) is 0 Å². The second-order valence-electron chi connectivity index (χ2n) is 5.35. The Morgan fingerprint density at radius 1 is 1.12 bits per heavy atom. The summed E-state index contributed by atoms with van der Waals surface area (Å²) in [6.07, 6.45) is 1.86. The minimum atomic E-state index is -1.04. The Kier molecular flexibility index (Phi) is 4.17. The third kappa shape index (κ3) is 2.79. The zero-order valence-corrected chi connectivity index (χ0v) is 12.7. The molecule has 2 heterocycles. The van der Waals surface area contributed by atoms with Gasteiger partial charge in [0, 0.05) is 24.6 Å². The van der Waals surface area contributed by atoms with E-state index in [4.69, 9.17) is 0 Å². The van der Waals surface area contributed by atoms with E-state index in [0.717, 1.165) is 4.90 Å². The molecule has 1 aromatic carbocycles. The topological polar surface area (TPSA) is 91.1 Å². The van der Waals surface area contributed by atoms with Crippen LogP contribution in [0.4, 0.5) is 5.69 Å². The molecule has 1 atom stereocenters. The third-order valence-corrected chi connectivity index (χ3v) is 3.82. The molecule has 2 aromatic rings. The van der Waals surface area contributed by atoms with Gasteiger partial charge in [-0.1, -0.05) is 18.2 Å². The molecule has 1 saturated heterocycles. The molecule has 118 valence electrons. The van der Waals surface area contributed by atoms with Crippen LogP contribution in [0.1, 0.15) is 34.8 Å². The Labute approximate surface area is 138 Å². The molecule has 24 heavy (non-hydrogen) atoms. The number of anilines is 1. The lowest BCUT2D eigenvalue weighted by Crippen LogP contribution is -2.28. The maximum Gasteiger partial charge on any atom is 0.234 e. The fraction of sp³-hybridized carbons (Fsp3) is 0.167. The summed E-state index contributed by atoms with van der Waals surface area (Å²) in [6, 6.07) is 13.2. The van der Waals surface area contributed by atoms with E-state index in [1.807, 2.05) is 6.07 Å². The van der Waals surface area contributed by atoms with Gasteiger partial charge in [-0.05, 0) is 24.3 Å². The van der Waals surface area contributed by atoms with Crippen LogP contribution in [0.15, 0.2) is 48.7 Å². The average Bonchev–Trinajstić information content (AvgIpc) is 2.95. The van der Waals surface area contributed by atoms with Crippen LogP contribution < -0.4 is 4.90 Å². The number of hydrogen-bond acceptors (Lipinski definition) is 5. The lowest BCUT2D eigenvalue weighted by atomic mass is 9.95. The molecule has 1 aliphatic rings. The number of carbonyl (C=O) groups excluding carboxylic acids is 3. The summed E-state index contributed by atoms with van der Waals surface area (Å²) in [6.45, 7) is 0. The van der Waals surface area contributed by atoms with Crippen LogP contribution in [0.25, 0.3) is 0 Å². The van der Waals surface area contributed by atoms with E-state index in [1.165, 1.54) is 12.3 Å². The van der Waals surface area contributed by atoms with Crippen molar-refractivity contribution in [3.63, 3.8) is 0 Å². The summed E-state index contributed by atoms with van der Waals surface area (Å²) in [5, 5.41) is 9.35. The standard InChI is InChI=1S/C18H13N3O3/c19-11-14(15-6-1-2-9-20-15)18(24)12-4-3-5-13(10-12)21-16(22)7-8-17(21)23/h1-6,9-10,14H,7-8H2. The smallest absolute Gasteiger partial charge is 0.234 e. The van der Waals surface area contributed by atoms with Crippen molar-refractivity contribution in [1.29, 1.82) is 5.26 Å². The number of carbonyl (C=O) groups is 3. The van der Waals surface area contributed by atoms with Gasteiger partial charge < -0.3 is 0 Å². The van der Waals surface area contributed by atoms with Gasteiger partial charge in [0.15, 0.2) is 11.7 Å². The molecule has 6 nitrogen and oxygen atoms in total. The summed E-state index contributed by atoms with van der Waals surface area (Å²) in [4.78, 5) is 41.5. The van der Waals surface area contributed by atoms with Gasteiger partial charge in [0.1, 0.15) is 0 Å². The number of amides is 2. The van der Waals surface area contributed by atoms with Crippen molar-refractivity contribution in [3.8, 4) is 6.07 Å². The lowest BCUT2D eigenvalue weighted by molar-refractivity contribution is -0.121. The normalized spacial score (nSPS) is 15.2. The highest BCUT2D eigenvalue weighted by Gasteiger charge is 2.31. The number of aromatic nitrogens is 1. The molecular weight excluding hydrogens is 306 g/mol. The number of nitrogens with zero attached hydrogens (tertiary/aromatic N) is 3. The molecule has 6 heteroatoms. The van der Waals surface area contributed by atoms with Crippen LogP contribution >= 0.6 is 0 Å². The van der Waals surface area contributed by atoms with E-state index in [2.05, 4.69) is 4.98 Å². The van der Waals surface area contributed by atoms with Crippen LogP contribution in [0.2, 0.25) is 0 Å². The number of rotatable bonds is 4. The van der Waals surface area contributed by atoms with Gasteiger partial charge >= 0.3 is 0 Å². The van der Waals surface area contributed by atoms with Crippen molar-refractivity contribution >= 4 is 23.3 Å². The van der Waals surface area contributed by atoms with Crippen molar-refractivity contribution in [2.24, 2.45) is 0 Å². The summed E-state index contributed by atoms with van der Waals surface area (Å²) >= 11 is 0. The first kappa shape index (κ1) is 15.6. The maximum atomic E-state index is 12.7. The van der Waals surface area contributed by atoms with E-state index in [0.29, 0.717) is 11.4 Å². The van der Waals surface area contributed by atoms with Crippen molar-refractivity contribution in [1.82, 2.24) is 4.98 Å². The number of imide groups is 1. The van der Waals surface area contributed by atoms with E-state index in [-0.39, 0.29) is 30.2 Å². The molecule has 0 saturated carbocycles. The third-order valence-electron chi connectivity index (χ3n) is 3.82. The molecule has 2 amide bonds. The van der Waals surface area contributed by atoms with Crippen LogP contribution in [-0.4, -0.2) is 22.6 Å². The minimum absolute atomic E-state index is 0.172. The first-order chi connectivity index (χ1) is 11.6. The van der Waals surface area contributed by atoms with Crippen molar-refractivity contribution < 1.29 is 14.4 Å². The molecule has 1 aromatic heterocycles. The molecule has 1 fully saturated rings. The summed E-state index contributed by atoms with van der Waals surface area (Å²) in [7, 11) is 0. The van der Waals surface area contributed by atoms with Gasteiger partial charge in [-0.15, -0.1) is 0 Å². The molecule has 0 radical (unpaired) electrons. The number of nitriles is 1. The summed E-state index contributed by atoms with van der Waals surface area (Å²) in [5.41, 5.74) is 0.979. The second kappa shape index (κ2) is 6.42. The predicted octanol–water partition coefficient (Wildman–Crippen LogP) is 2.23. The van der Waals surface area contributed by atoms with E-state index < -0.39 is 11.7 Å². The van der Waals surface area contributed by atoms with Crippen molar-refractivity contribution in [3.05, 3.63) is 59.9 Å². The average molecular weight is 319 g/mol. The maximum absolute atomic E-state index is 12.7. The minimum Gasteiger partial charge on any atom is -0.292 e. The fourth-order valence-electron chi connectivity index (χ4n) is 2.64. The van der Waals surface area contributed by atoms with Gasteiger partial charge in [0.2, 0.25) is 11.8 Å². The van der Waals surface area contributed by atoms with E-state index >= 15 is 0 Å². The lowest BCUT2D eigenvalue weighted by Gasteiger charge is -2.15. The monoisotopic (exact) mass is 319 g/mol. The molecule has 0 bridgehead atoms. The zero-order chi connectivity index (χ0) is 17.1. The van der Waals surface area contributed by atoms with Gasteiger partial charge in [-0.25, -0.2) is 0 Å². The number of pyridine rings is 1. The Bertz CT molecular complexity index is 839. The molecule has 0 aliphatic carbocycles. The highest BCUT2D eigenvalue weighted by atomic mass is 16.2. The zero-order valence-electron chi connectivity index (χ0n) is 12.7. The van der Waals surface area contributed by atoms with E-state index in [1.54, 1.807) is 36.4 Å². The molecule has 0 spiro atoms. The summed E-state index contributed by atoms with van der Waals surface area (Å²) in [5.74, 6) is -2.03. The Balaban J connectivity index is 1.94. The van der Waals surface area contributed by atoms with Gasteiger partial charge in [-0.3, -0.25) is 24.3 Å². The van der Waals surface area contributed by atoms with Gasteiger partial charge in [0.05, 0.1) is 17.5 Å². The Morgan fingerprint density at radius 3 is 2.50 bits per heavy atom. The predicted molar refractivity (Wildman–Crippen MR) is 85.1 cm³/mol. The first-order valence-electron chi connectivity index (χ1n) is 7.42. The van der Waals surface area contributed by atoms with Crippen LogP contribution in [-0.2, 0) is 9.59 Å². The molecule has 1 aliphatic heterocycles. The molecular formula is C18H13N3O3. The SMILES string of the molecule is N#CC(C(=O)c1cccc(N2C(=O)CCC2=O)c1)c1ccccn1. The largest absolute Gasteiger partial charge is 0.292 e. The number of hydrogen-bond donors (Lipinski definition) is 0. The van der Waals surface area contributed by atoms with Crippen LogP contribution in [0, 0.1) is 11.3 Å². The van der Waals surface area contributed by atoms with Gasteiger partial charge in [-0.2, -0.15) is 5.26 Å². The number of Topliss-reactive ketones (excluding diaryl/α,β-unsaturated/α-hetero) is 1. The first-order valence-corrected chi connectivity index (χ1v) is 7.42. The van der Waals surface area contributed by atoms with Crippen molar-refractivity contribution in [2.75, 3.05) is 4.90 Å².